The van der Waals surface area contributed by atoms with Gasteiger partial charge < -0.3 is 14.8 Å². The molecular formula is C23H26N4O6S. The minimum absolute atomic E-state index is 0.0982. The molecule has 2 amide bonds. The first-order valence-electron chi connectivity index (χ1n) is 10.5. The number of hydrogen-bond donors (Lipinski definition) is 1. The zero-order chi connectivity index (χ0) is 24.8. The summed E-state index contributed by atoms with van der Waals surface area (Å²) >= 11 is 1.23. The van der Waals surface area contributed by atoms with Gasteiger partial charge in [0.2, 0.25) is 11.8 Å². The number of carbonyl (C=O) groups is 2. The van der Waals surface area contributed by atoms with Crippen molar-refractivity contribution in [1.29, 1.82) is 0 Å². The Kier molecular flexibility index (Phi) is 8.24. The Morgan fingerprint density at radius 1 is 1.24 bits per heavy atom. The summed E-state index contributed by atoms with van der Waals surface area (Å²) in [4.78, 5) is 42.5. The van der Waals surface area contributed by atoms with Crippen LogP contribution >= 0.6 is 11.8 Å². The number of anilines is 1. The second-order valence-corrected chi connectivity index (χ2v) is 8.84. The topological polar surface area (TPSA) is 123 Å². The number of aliphatic imine (C=N–C) groups is 1. The van der Waals surface area contributed by atoms with Gasteiger partial charge in [0.25, 0.3) is 5.69 Å². The van der Waals surface area contributed by atoms with Crippen molar-refractivity contribution in [2.75, 3.05) is 32.7 Å². The lowest BCUT2D eigenvalue weighted by Crippen LogP contribution is -2.35. The number of amidine groups is 1. The van der Waals surface area contributed by atoms with Crippen molar-refractivity contribution in [3.8, 4) is 5.75 Å². The Bertz CT molecular complexity index is 1140. The zero-order valence-electron chi connectivity index (χ0n) is 19.4. The molecule has 0 radical (unpaired) electrons. The number of carbonyl (C=O) groups excluding carboxylic acids is 2. The van der Waals surface area contributed by atoms with Gasteiger partial charge in [0.1, 0.15) is 11.0 Å². The molecule has 1 N–H and O–H groups in total. The van der Waals surface area contributed by atoms with E-state index in [2.05, 4.69) is 5.32 Å². The Hall–Kier alpha value is -3.44. The van der Waals surface area contributed by atoms with Crippen molar-refractivity contribution in [2.24, 2.45) is 4.99 Å². The van der Waals surface area contributed by atoms with Crippen LogP contribution in [-0.2, 0) is 14.3 Å². The quantitative estimate of drug-likeness (QED) is 0.422. The fraction of sp³-hybridized carbons (Fsp3) is 0.348. The van der Waals surface area contributed by atoms with E-state index < -0.39 is 16.1 Å². The van der Waals surface area contributed by atoms with Crippen LogP contribution in [0.15, 0.2) is 41.4 Å². The summed E-state index contributed by atoms with van der Waals surface area (Å²) in [6.45, 7) is 4.60. The van der Waals surface area contributed by atoms with Gasteiger partial charge in [-0.3, -0.25) is 24.6 Å². The van der Waals surface area contributed by atoms with Crippen LogP contribution in [-0.4, -0.2) is 59.4 Å². The van der Waals surface area contributed by atoms with E-state index in [1.807, 2.05) is 32.0 Å². The summed E-state index contributed by atoms with van der Waals surface area (Å²) in [5, 5.41) is 13.5. The summed E-state index contributed by atoms with van der Waals surface area (Å²) in [7, 11) is 2.91. The van der Waals surface area contributed by atoms with Crippen molar-refractivity contribution in [2.45, 2.75) is 25.5 Å². The Balaban J connectivity index is 1.78. The molecule has 0 aliphatic carbocycles. The lowest BCUT2D eigenvalue weighted by Gasteiger charge is -2.16. The zero-order valence-corrected chi connectivity index (χ0v) is 20.2. The van der Waals surface area contributed by atoms with Crippen molar-refractivity contribution in [3.63, 3.8) is 0 Å². The maximum atomic E-state index is 13.1. The van der Waals surface area contributed by atoms with Gasteiger partial charge in [-0.25, -0.2) is 4.99 Å². The second kappa shape index (κ2) is 11.1. The summed E-state index contributed by atoms with van der Waals surface area (Å²) < 4.78 is 10.3. The van der Waals surface area contributed by atoms with Gasteiger partial charge >= 0.3 is 0 Å². The smallest absolute Gasteiger partial charge is 0.273 e. The standard InChI is InChI=1S/C23H26N4O6S/c1-14-5-7-17(15(2)11-14)25-23-26(9-10-32-3)22(29)20(34-23)13-21(28)24-18-8-6-16(27(30)31)12-19(18)33-4/h5-8,11-12,20H,9-10,13H2,1-4H3,(H,24,28). The molecule has 0 aromatic heterocycles. The van der Waals surface area contributed by atoms with E-state index in [1.54, 1.807) is 7.11 Å². The maximum Gasteiger partial charge on any atom is 0.273 e. The van der Waals surface area contributed by atoms with Crippen molar-refractivity contribution in [3.05, 3.63) is 57.6 Å². The number of non-ortho nitro benzene ring substituents is 1. The average molecular weight is 487 g/mol. The number of thioether (sulfide) groups is 1. The number of nitro benzene ring substituents is 1. The Morgan fingerprint density at radius 2 is 2.00 bits per heavy atom. The molecule has 1 aliphatic rings. The number of nitrogens with zero attached hydrogens (tertiary/aromatic N) is 3. The van der Waals surface area contributed by atoms with E-state index in [1.165, 1.54) is 42.0 Å². The highest BCUT2D eigenvalue weighted by molar-refractivity contribution is 8.15. The van der Waals surface area contributed by atoms with Gasteiger partial charge in [0.15, 0.2) is 5.17 Å². The molecule has 1 saturated heterocycles. The monoisotopic (exact) mass is 486 g/mol. The highest BCUT2D eigenvalue weighted by Crippen LogP contribution is 2.34. The SMILES string of the molecule is COCCN1C(=O)C(CC(=O)Nc2ccc([N+](=O)[O-])cc2OC)SC1=Nc1ccc(C)cc1C. The molecule has 1 fully saturated rings. The van der Waals surface area contributed by atoms with Crippen LogP contribution < -0.4 is 10.1 Å². The summed E-state index contributed by atoms with van der Waals surface area (Å²) in [6, 6.07) is 9.77. The number of hydrogen-bond acceptors (Lipinski definition) is 8. The number of amides is 2. The predicted molar refractivity (Wildman–Crippen MR) is 131 cm³/mol. The van der Waals surface area contributed by atoms with E-state index in [0.29, 0.717) is 18.3 Å². The molecule has 0 saturated carbocycles. The maximum absolute atomic E-state index is 13.1. The van der Waals surface area contributed by atoms with Gasteiger partial charge in [0.05, 0.1) is 42.6 Å². The molecule has 2 aromatic carbocycles. The third kappa shape index (κ3) is 5.91. The molecule has 0 spiro atoms. The van der Waals surface area contributed by atoms with Crippen LogP contribution in [0.1, 0.15) is 17.5 Å². The van der Waals surface area contributed by atoms with Crippen molar-refractivity contribution < 1.29 is 24.0 Å². The van der Waals surface area contributed by atoms with E-state index >= 15 is 0 Å². The molecule has 1 atom stereocenters. The molecule has 10 nitrogen and oxygen atoms in total. The number of rotatable bonds is 9. The predicted octanol–water partition coefficient (Wildman–Crippen LogP) is 3.83. The number of nitrogens with one attached hydrogen (secondary N) is 1. The molecule has 1 heterocycles. The highest BCUT2D eigenvalue weighted by atomic mass is 32.2. The number of nitro groups is 1. The minimum atomic E-state index is -0.662. The van der Waals surface area contributed by atoms with Gasteiger partial charge in [-0.05, 0) is 31.5 Å². The third-order valence-corrected chi connectivity index (χ3v) is 6.32. The molecule has 34 heavy (non-hydrogen) atoms. The third-order valence-electron chi connectivity index (χ3n) is 5.15. The summed E-state index contributed by atoms with van der Waals surface area (Å²) in [6.07, 6.45) is -0.0982. The van der Waals surface area contributed by atoms with Crippen LogP contribution in [0.3, 0.4) is 0 Å². The van der Waals surface area contributed by atoms with E-state index in [0.717, 1.165) is 16.8 Å². The summed E-state index contributed by atoms with van der Waals surface area (Å²) in [5.41, 5.74) is 2.98. The van der Waals surface area contributed by atoms with Gasteiger partial charge in [-0.15, -0.1) is 0 Å². The van der Waals surface area contributed by atoms with Crippen LogP contribution in [0, 0.1) is 24.0 Å². The lowest BCUT2D eigenvalue weighted by molar-refractivity contribution is -0.384. The number of ether oxygens (including phenoxy) is 2. The number of methoxy groups -OCH3 is 2. The minimum Gasteiger partial charge on any atom is -0.494 e. The normalized spacial score (nSPS) is 16.7. The molecule has 0 bridgehead atoms. The second-order valence-electron chi connectivity index (χ2n) is 7.67. The number of aryl methyl sites for hydroxylation is 2. The van der Waals surface area contributed by atoms with E-state index in [9.17, 15) is 19.7 Å². The Labute approximate surface area is 201 Å². The molecule has 1 aliphatic heterocycles. The molecule has 11 heteroatoms. The fourth-order valence-electron chi connectivity index (χ4n) is 3.41. The van der Waals surface area contributed by atoms with Gasteiger partial charge in [-0.2, -0.15) is 0 Å². The van der Waals surface area contributed by atoms with E-state index in [4.69, 9.17) is 14.5 Å². The number of benzene rings is 2. The first-order chi connectivity index (χ1) is 16.2. The van der Waals surface area contributed by atoms with E-state index in [-0.39, 0.29) is 29.5 Å². The molecule has 2 aromatic rings. The highest BCUT2D eigenvalue weighted by Gasteiger charge is 2.39. The largest absolute Gasteiger partial charge is 0.494 e. The van der Waals surface area contributed by atoms with Crippen molar-refractivity contribution >= 4 is 45.8 Å². The van der Waals surface area contributed by atoms with Crippen LogP contribution in [0.2, 0.25) is 0 Å². The summed E-state index contributed by atoms with van der Waals surface area (Å²) in [5.74, 6) is -0.486. The molecule has 3 rings (SSSR count). The van der Waals surface area contributed by atoms with Crippen molar-refractivity contribution in [1.82, 2.24) is 4.90 Å². The molecular weight excluding hydrogens is 460 g/mol. The van der Waals surface area contributed by atoms with Crippen LogP contribution in [0.5, 0.6) is 5.75 Å². The fourth-order valence-corrected chi connectivity index (χ4v) is 4.59. The van der Waals surface area contributed by atoms with Gasteiger partial charge in [0, 0.05) is 19.6 Å². The van der Waals surface area contributed by atoms with Crippen LogP contribution in [0.25, 0.3) is 0 Å². The lowest BCUT2D eigenvalue weighted by atomic mass is 10.1. The first-order valence-corrected chi connectivity index (χ1v) is 11.4. The van der Waals surface area contributed by atoms with Crippen LogP contribution in [0.4, 0.5) is 17.1 Å². The average Bonchev–Trinajstić information content (AvgIpc) is 3.08. The first kappa shape index (κ1) is 25.2. The molecule has 180 valence electrons. The van der Waals surface area contributed by atoms with Gasteiger partial charge in [-0.1, -0.05) is 29.5 Å². The molecule has 1 unspecified atom stereocenters. The Morgan fingerprint density at radius 3 is 2.65 bits per heavy atom.